The number of rotatable bonds is 8. The molecule has 7 nitrogen and oxygen atoms in total. The standard InChI is InChI=1S/C15H20N2O5S2/c1-12-5-6-15(10-13(12)2)24(20,21)16-7-9-23(18,19)17-11-14-4-3-8-22-14/h3-6,8,10,16-17H,7,9,11H2,1-2H3. The summed E-state index contributed by atoms with van der Waals surface area (Å²) in [6.07, 6.45) is 1.45. The first-order valence-electron chi connectivity index (χ1n) is 7.26. The monoisotopic (exact) mass is 372 g/mol. The zero-order chi connectivity index (χ0) is 17.8. The van der Waals surface area contributed by atoms with Gasteiger partial charge in [-0.15, -0.1) is 0 Å². The van der Waals surface area contributed by atoms with Gasteiger partial charge < -0.3 is 4.42 Å². The zero-order valence-corrected chi connectivity index (χ0v) is 15.1. The minimum Gasteiger partial charge on any atom is -0.468 e. The molecule has 2 N–H and O–H groups in total. The maximum atomic E-state index is 12.2. The highest BCUT2D eigenvalue weighted by atomic mass is 32.2. The number of nitrogens with one attached hydrogen (secondary N) is 2. The topological polar surface area (TPSA) is 105 Å². The van der Waals surface area contributed by atoms with Gasteiger partial charge in [0.25, 0.3) is 0 Å². The molecule has 0 saturated heterocycles. The van der Waals surface area contributed by atoms with E-state index in [2.05, 4.69) is 9.44 Å². The van der Waals surface area contributed by atoms with E-state index in [0.717, 1.165) is 11.1 Å². The van der Waals surface area contributed by atoms with Crippen molar-refractivity contribution >= 4 is 20.0 Å². The van der Waals surface area contributed by atoms with E-state index < -0.39 is 20.0 Å². The molecule has 0 aliphatic heterocycles. The van der Waals surface area contributed by atoms with Gasteiger partial charge in [-0.05, 0) is 49.2 Å². The molecular weight excluding hydrogens is 352 g/mol. The van der Waals surface area contributed by atoms with Crippen molar-refractivity contribution < 1.29 is 21.3 Å². The Morgan fingerprint density at radius 3 is 2.38 bits per heavy atom. The second kappa shape index (κ2) is 7.47. The molecule has 0 aliphatic rings. The van der Waals surface area contributed by atoms with Gasteiger partial charge in [0, 0.05) is 6.54 Å². The fraction of sp³-hybridized carbons (Fsp3) is 0.333. The van der Waals surface area contributed by atoms with Crippen molar-refractivity contribution in [2.24, 2.45) is 0 Å². The van der Waals surface area contributed by atoms with E-state index in [-0.39, 0.29) is 23.7 Å². The summed E-state index contributed by atoms with van der Waals surface area (Å²) in [4.78, 5) is 0.117. The Balaban J connectivity index is 1.90. The van der Waals surface area contributed by atoms with Crippen molar-refractivity contribution in [3.8, 4) is 0 Å². The van der Waals surface area contributed by atoms with Gasteiger partial charge in [-0.2, -0.15) is 0 Å². The molecule has 0 atom stereocenters. The van der Waals surface area contributed by atoms with Crippen LogP contribution >= 0.6 is 0 Å². The fourth-order valence-electron chi connectivity index (χ4n) is 1.94. The molecule has 9 heteroatoms. The van der Waals surface area contributed by atoms with E-state index in [9.17, 15) is 16.8 Å². The first kappa shape index (κ1) is 18.7. The van der Waals surface area contributed by atoms with Gasteiger partial charge in [0.05, 0.1) is 23.5 Å². The van der Waals surface area contributed by atoms with E-state index in [4.69, 9.17) is 4.42 Å². The maximum absolute atomic E-state index is 12.2. The Hall–Kier alpha value is -1.68. The van der Waals surface area contributed by atoms with Crippen molar-refractivity contribution in [2.45, 2.75) is 25.3 Å². The third-order valence-electron chi connectivity index (χ3n) is 3.50. The minimum absolute atomic E-state index is 0.0270. The van der Waals surface area contributed by atoms with Crippen LogP contribution in [-0.4, -0.2) is 29.1 Å². The average molecular weight is 372 g/mol. The quantitative estimate of drug-likeness (QED) is 0.726. The number of hydrogen-bond acceptors (Lipinski definition) is 5. The Kier molecular flexibility index (Phi) is 5.81. The molecule has 0 saturated carbocycles. The average Bonchev–Trinajstić information content (AvgIpc) is 3.01. The van der Waals surface area contributed by atoms with Gasteiger partial charge in [-0.3, -0.25) is 0 Å². The van der Waals surface area contributed by atoms with Crippen LogP contribution in [0.5, 0.6) is 0 Å². The molecular formula is C15H20N2O5S2. The first-order valence-corrected chi connectivity index (χ1v) is 10.4. The summed E-state index contributed by atoms with van der Waals surface area (Å²) in [6.45, 7) is 3.51. The molecule has 0 unspecified atom stereocenters. The number of aryl methyl sites for hydroxylation is 2. The van der Waals surface area contributed by atoms with Gasteiger partial charge in [0.2, 0.25) is 20.0 Å². The van der Waals surface area contributed by atoms with E-state index in [0.29, 0.717) is 5.76 Å². The molecule has 0 bridgehead atoms. The first-order chi connectivity index (χ1) is 11.2. The summed E-state index contributed by atoms with van der Waals surface area (Å²) in [5.74, 6) is 0.118. The lowest BCUT2D eigenvalue weighted by Gasteiger charge is -2.09. The van der Waals surface area contributed by atoms with Gasteiger partial charge in [-0.1, -0.05) is 6.07 Å². The van der Waals surface area contributed by atoms with Crippen LogP contribution in [0.3, 0.4) is 0 Å². The van der Waals surface area contributed by atoms with Crippen LogP contribution in [0.25, 0.3) is 0 Å². The Labute approximate surface area is 142 Å². The Morgan fingerprint density at radius 2 is 1.75 bits per heavy atom. The van der Waals surface area contributed by atoms with Crippen molar-refractivity contribution in [2.75, 3.05) is 12.3 Å². The van der Waals surface area contributed by atoms with Crippen LogP contribution in [0.2, 0.25) is 0 Å². The second-order valence-electron chi connectivity index (χ2n) is 5.36. The molecule has 24 heavy (non-hydrogen) atoms. The minimum atomic E-state index is -3.74. The van der Waals surface area contributed by atoms with Gasteiger partial charge in [-0.25, -0.2) is 26.3 Å². The predicted molar refractivity (Wildman–Crippen MR) is 90.4 cm³/mol. The lowest BCUT2D eigenvalue weighted by atomic mass is 10.1. The van der Waals surface area contributed by atoms with Gasteiger partial charge in [0.15, 0.2) is 0 Å². The Bertz CT molecular complexity index is 888. The number of hydrogen-bond donors (Lipinski definition) is 2. The molecule has 132 valence electrons. The van der Waals surface area contributed by atoms with Crippen LogP contribution in [0.4, 0.5) is 0 Å². The van der Waals surface area contributed by atoms with Crippen molar-refractivity contribution in [3.63, 3.8) is 0 Å². The normalized spacial score (nSPS) is 12.4. The van der Waals surface area contributed by atoms with Gasteiger partial charge in [0.1, 0.15) is 5.76 Å². The molecule has 0 radical (unpaired) electrons. The molecule has 0 amide bonds. The van der Waals surface area contributed by atoms with Crippen molar-refractivity contribution in [1.29, 1.82) is 0 Å². The highest BCUT2D eigenvalue weighted by Crippen LogP contribution is 2.14. The molecule has 0 fully saturated rings. The molecule has 1 heterocycles. The van der Waals surface area contributed by atoms with Crippen LogP contribution < -0.4 is 9.44 Å². The summed E-state index contributed by atoms with van der Waals surface area (Å²) >= 11 is 0. The van der Waals surface area contributed by atoms with E-state index in [1.54, 1.807) is 24.3 Å². The predicted octanol–water partition coefficient (Wildman–Crippen LogP) is 1.29. The third kappa shape index (κ3) is 5.17. The van der Waals surface area contributed by atoms with Crippen LogP contribution in [0.1, 0.15) is 16.9 Å². The van der Waals surface area contributed by atoms with Crippen molar-refractivity contribution in [3.05, 3.63) is 53.5 Å². The van der Waals surface area contributed by atoms with Crippen LogP contribution in [0, 0.1) is 13.8 Å². The number of sulfonamides is 2. The zero-order valence-electron chi connectivity index (χ0n) is 13.4. The number of benzene rings is 1. The SMILES string of the molecule is Cc1ccc(S(=O)(=O)NCCS(=O)(=O)NCc2ccco2)cc1C. The lowest BCUT2D eigenvalue weighted by molar-refractivity contribution is 0.498. The summed E-state index contributed by atoms with van der Waals surface area (Å²) in [7, 11) is -7.35. The largest absolute Gasteiger partial charge is 0.468 e. The lowest BCUT2D eigenvalue weighted by Crippen LogP contribution is -2.34. The highest BCUT2D eigenvalue weighted by Gasteiger charge is 2.17. The summed E-state index contributed by atoms with van der Waals surface area (Å²) < 4.78 is 57.8. The summed E-state index contributed by atoms with van der Waals surface area (Å²) in [5.41, 5.74) is 1.84. The van der Waals surface area contributed by atoms with Crippen molar-refractivity contribution in [1.82, 2.24) is 9.44 Å². The summed E-state index contributed by atoms with van der Waals surface area (Å²) in [6, 6.07) is 8.06. The third-order valence-corrected chi connectivity index (χ3v) is 6.28. The molecule has 0 aliphatic carbocycles. The molecule has 2 rings (SSSR count). The molecule has 1 aromatic heterocycles. The summed E-state index contributed by atoms with van der Waals surface area (Å²) in [5, 5.41) is 0. The van der Waals surface area contributed by atoms with E-state index in [1.807, 2.05) is 13.8 Å². The second-order valence-corrected chi connectivity index (χ2v) is 9.06. The van der Waals surface area contributed by atoms with E-state index in [1.165, 1.54) is 12.3 Å². The molecule has 0 spiro atoms. The number of furan rings is 1. The van der Waals surface area contributed by atoms with Crippen LogP contribution in [-0.2, 0) is 26.6 Å². The van der Waals surface area contributed by atoms with Gasteiger partial charge >= 0.3 is 0 Å². The smallest absolute Gasteiger partial charge is 0.240 e. The molecule has 1 aromatic carbocycles. The highest BCUT2D eigenvalue weighted by molar-refractivity contribution is 7.90. The fourth-order valence-corrected chi connectivity index (χ4v) is 4.06. The van der Waals surface area contributed by atoms with Crippen LogP contribution in [0.15, 0.2) is 45.9 Å². The Morgan fingerprint density at radius 1 is 1.00 bits per heavy atom. The molecule has 2 aromatic rings. The maximum Gasteiger partial charge on any atom is 0.240 e. The van der Waals surface area contributed by atoms with E-state index >= 15 is 0 Å².